The highest BCUT2D eigenvalue weighted by Gasteiger charge is 2.56. The zero-order chi connectivity index (χ0) is 23.9. The predicted molar refractivity (Wildman–Crippen MR) is 120 cm³/mol. The number of nitrogens with zero attached hydrogens (tertiary/aromatic N) is 5. The normalized spacial score (nSPS) is 28.3. The number of rotatable bonds is 4. The number of hydrogen-bond donors (Lipinski definition) is 1. The van der Waals surface area contributed by atoms with E-state index in [4.69, 9.17) is 0 Å². The first-order chi connectivity index (χ1) is 16.8. The Morgan fingerprint density at radius 2 is 1.63 bits per heavy atom. The van der Waals surface area contributed by atoms with Crippen LogP contribution >= 0.6 is 0 Å². The van der Waals surface area contributed by atoms with Gasteiger partial charge >= 0.3 is 12.2 Å². The van der Waals surface area contributed by atoms with E-state index in [-0.39, 0.29) is 36.1 Å². The van der Waals surface area contributed by atoms with E-state index in [0.29, 0.717) is 24.9 Å². The second-order valence-electron chi connectivity index (χ2n) is 11.6. The molecule has 35 heavy (non-hydrogen) atoms. The minimum absolute atomic E-state index is 0.0933. The lowest BCUT2D eigenvalue weighted by Crippen LogP contribution is -2.67. The molecule has 4 heterocycles. The van der Waals surface area contributed by atoms with Crippen molar-refractivity contribution < 1.29 is 18.0 Å². The van der Waals surface area contributed by atoms with Crippen molar-refractivity contribution in [3.63, 3.8) is 0 Å². The summed E-state index contributed by atoms with van der Waals surface area (Å²) in [6.45, 7) is 2.99. The highest BCUT2D eigenvalue weighted by atomic mass is 19.4. The summed E-state index contributed by atoms with van der Waals surface area (Å²) < 4.78 is 38.2. The highest BCUT2D eigenvalue weighted by molar-refractivity contribution is 5.77. The number of likely N-dealkylation sites (tertiary alicyclic amines) is 2. The van der Waals surface area contributed by atoms with Gasteiger partial charge in [-0.1, -0.05) is 6.07 Å². The molecule has 0 unspecified atom stereocenters. The number of aromatic amines is 1. The van der Waals surface area contributed by atoms with E-state index in [1.165, 1.54) is 12.8 Å². The molecule has 7 rings (SSSR count). The SMILES string of the molecule is O=C(N1CC(c2ccc([C@H]3C[C@H](C(F)(F)F)C3)nc2)C1)N1CC2(CC(c3nnc(C4CC4)[nH]3)C2)C1. The molecule has 7 nitrogen and oxygen atoms in total. The standard InChI is InChI=1S/C25H29F3N6O/c26-25(27,28)19-5-16(6-19)20-4-3-15(9-29-20)18-10-33(11-18)23(35)34-12-24(13-34)7-17(8-24)22-30-21(31-32-22)14-1-2-14/h3-4,9,14,16-19H,1-2,5-8,10-13H2,(H,30,31,32)/t16-,19-. The number of carbonyl (C=O) groups excluding carboxylic acids is 1. The van der Waals surface area contributed by atoms with Gasteiger partial charge in [-0.05, 0) is 50.2 Å². The third kappa shape index (κ3) is 3.71. The van der Waals surface area contributed by atoms with E-state index in [0.717, 1.165) is 48.8 Å². The van der Waals surface area contributed by atoms with Gasteiger partial charge in [-0.25, -0.2) is 4.79 Å². The number of urea groups is 1. The van der Waals surface area contributed by atoms with Crippen molar-refractivity contribution in [2.75, 3.05) is 26.2 Å². The Morgan fingerprint density at radius 3 is 2.23 bits per heavy atom. The number of hydrogen-bond acceptors (Lipinski definition) is 4. The molecule has 0 radical (unpaired) electrons. The molecular weight excluding hydrogens is 457 g/mol. The van der Waals surface area contributed by atoms with Crippen LogP contribution in [0.3, 0.4) is 0 Å². The third-order valence-corrected chi connectivity index (χ3v) is 9.01. The van der Waals surface area contributed by atoms with Crippen LogP contribution in [0.25, 0.3) is 0 Å². The first kappa shape index (κ1) is 21.6. The largest absolute Gasteiger partial charge is 0.391 e. The molecule has 0 bridgehead atoms. The first-order valence-electron chi connectivity index (χ1n) is 12.8. The van der Waals surface area contributed by atoms with Gasteiger partial charge in [-0.3, -0.25) is 4.98 Å². The smallest absolute Gasteiger partial charge is 0.328 e. The molecular formula is C25H29F3N6O. The molecule has 0 aromatic carbocycles. The monoisotopic (exact) mass is 486 g/mol. The average molecular weight is 487 g/mol. The quantitative estimate of drug-likeness (QED) is 0.689. The van der Waals surface area contributed by atoms with Crippen molar-refractivity contribution in [2.45, 2.75) is 68.4 Å². The van der Waals surface area contributed by atoms with Gasteiger partial charge in [0.15, 0.2) is 0 Å². The molecule has 2 amide bonds. The fourth-order valence-corrected chi connectivity index (χ4v) is 6.42. The van der Waals surface area contributed by atoms with Gasteiger partial charge in [-0.15, -0.1) is 10.2 Å². The third-order valence-electron chi connectivity index (χ3n) is 9.01. The molecule has 10 heteroatoms. The fraction of sp³-hybridized carbons (Fsp3) is 0.680. The Hall–Kier alpha value is -2.65. The Kier molecular flexibility index (Phi) is 4.59. The van der Waals surface area contributed by atoms with Gasteiger partial charge in [0, 0.05) is 67.2 Å². The van der Waals surface area contributed by atoms with Gasteiger partial charge in [0.05, 0.1) is 5.92 Å². The van der Waals surface area contributed by atoms with Crippen LogP contribution in [0.2, 0.25) is 0 Å². The number of H-pyrrole nitrogens is 1. The number of amides is 2. The minimum Gasteiger partial charge on any atom is -0.328 e. The zero-order valence-electron chi connectivity index (χ0n) is 19.5. The topological polar surface area (TPSA) is 78.0 Å². The van der Waals surface area contributed by atoms with Gasteiger partial charge in [-0.2, -0.15) is 13.2 Å². The van der Waals surface area contributed by atoms with E-state index >= 15 is 0 Å². The molecule has 2 aromatic heterocycles. The van der Waals surface area contributed by atoms with Crippen LogP contribution in [-0.2, 0) is 0 Å². The van der Waals surface area contributed by atoms with Gasteiger partial charge in [0.2, 0.25) is 0 Å². The summed E-state index contributed by atoms with van der Waals surface area (Å²) in [6.07, 6.45) is 2.54. The molecule has 5 fully saturated rings. The van der Waals surface area contributed by atoms with Crippen LogP contribution in [0, 0.1) is 11.3 Å². The number of pyridine rings is 1. The van der Waals surface area contributed by atoms with Crippen molar-refractivity contribution in [3.05, 3.63) is 41.2 Å². The maximum Gasteiger partial charge on any atom is 0.391 e. The number of halogens is 3. The van der Waals surface area contributed by atoms with Crippen molar-refractivity contribution in [1.82, 2.24) is 30.0 Å². The molecule has 2 aliphatic heterocycles. The Bertz CT molecular complexity index is 1120. The Balaban J connectivity index is 0.858. The molecule has 3 aliphatic carbocycles. The van der Waals surface area contributed by atoms with Crippen molar-refractivity contribution >= 4 is 6.03 Å². The van der Waals surface area contributed by atoms with Crippen LogP contribution in [-0.4, -0.2) is 68.4 Å². The second kappa shape index (κ2) is 7.43. The summed E-state index contributed by atoms with van der Waals surface area (Å²) >= 11 is 0. The van der Waals surface area contributed by atoms with Crippen LogP contribution in [0.4, 0.5) is 18.0 Å². The lowest BCUT2D eigenvalue weighted by molar-refractivity contribution is -0.197. The molecule has 1 N–H and O–H groups in total. The highest BCUT2D eigenvalue weighted by Crippen LogP contribution is 2.56. The summed E-state index contributed by atoms with van der Waals surface area (Å²) in [5, 5.41) is 8.66. The molecule has 1 spiro atoms. The molecule has 0 atom stereocenters. The lowest BCUT2D eigenvalue weighted by atomic mass is 9.57. The molecule has 2 aromatic rings. The summed E-state index contributed by atoms with van der Waals surface area (Å²) in [6, 6.07) is 3.95. The number of carbonyl (C=O) groups is 1. The summed E-state index contributed by atoms with van der Waals surface area (Å²) in [5.41, 5.74) is 2.06. The Labute approximate surface area is 201 Å². The average Bonchev–Trinajstić information content (AvgIpc) is 3.42. The van der Waals surface area contributed by atoms with Crippen LogP contribution in [0.15, 0.2) is 18.3 Å². The van der Waals surface area contributed by atoms with Crippen LogP contribution < -0.4 is 0 Å². The fourth-order valence-electron chi connectivity index (χ4n) is 6.42. The van der Waals surface area contributed by atoms with E-state index in [1.807, 2.05) is 21.9 Å². The van der Waals surface area contributed by atoms with E-state index < -0.39 is 12.1 Å². The van der Waals surface area contributed by atoms with Gasteiger partial charge in [0.25, 0.3) is 0 Å². The molecule has 3 saturated carbocycles. The molecule has 5 aliphatic rings. The van der Waals surface area contributed by atoms with Gasteiger partial charge in [0.1, 0.15) is 11.6 Å². The second-order valence-corrected chi connectivity index (χ2v) is 11.6. The Morgan fingerprint density at radius 1 is 0.943 bits per heavy atom. The van der Waals surface area contributed by atoms with Crippen molar-refractivity contribution in [3.8, 4) is 0 Å². The number of aromatic nitrogens is 4. The summed E-state index contributed by atoms with van der Waals surface area (Å²) in [7, 11) is 0. The zero-order valence-corrected chi connectivity index (χ0v) is 19.5. The van der Waals surface area contributed by atoms with Crippen LogP contribution in [0.5, 0.6) is 0 Å². The van der Waals surface area contributed by atoms with E-state index in [2.05, 4.69) is 20.2 Å². The minimum atomic E-state index is -4.09. The molecule has 2 saturated heterocycles. The van der Waals surface area contributed by atoms with Gasteiger partial charge < -0.3 is 14.8 Å². The first-order valence-corrected chi connectivity index (χ1v) is 12.8. The van der Waals surface area contributed by atoms with Crippen LogP contribution in [0.1, 0.15) is 85.1 Å². The number of alkyl halides is 3. The maximum atomic E-state index is 12.9. The van der Waals surface area contributed by atoms with E-state index in [1.54, 1.807) is 6.20 Å². The van der Waals surface area contributed by atoms with Crippen molar-refractivity contribution in [1.29, 1.82) is 0 Å². The predicted octanol–water partition coefficient (Wildman–Crippen LogP) is 4.53. The summed E-state index contributed by atoms with van der Waals surface area (Å²) in [5.74, 6) is 2.06. The van der Waals surface area contributed by atoms with Crippen molar-refractivity contribution in [2.24, 2.45) is 11.3 Å². The van der Waals surface area contributed by atoms with E-state index in [9.17, 15) is 18.0 Å². The maximum absolute atomic E-state index is 12.9. The lowest BCUT2D eigenvalue weighted by Gasteiger charge is -2.59. The number of nitrogens with one attached hydrogen (secondary N) is 1. The molecule has 186 valence electrons. The summed E-state index contributed by atoms with van der Waals surface area (Å²) in [4.78, 5) is 24.6.